The van der Waals surface area contributed by atoms with E-state index in [2.05, 4.69) is 21.6 Å². The summed E-state index contributed by atoms with van der Waals surface area (Å²) >= 11 is 1.28. The molecule has 0 atom stereocenters. The fourth-order valence-electron chi connectivity index (χ4n) is 3.04. The van der Waals surface area contributed by atoms with Gasteiger partial charge in [0.2, 0.25) is 15.9 Å². The van der Waals surface area contributed by atoms with Crippen molar-refractivity contribution >= 4 is 33.4 Å². The Morgan fingerprint density at radius 3 is 2.47 bits per heavy atom. The molecule has 0 spiro atoms. The van der Waals surface area contributed by atoms with Gasteiger partial charge in [-0.25, -0.2) is 8.42 Å². The number of amides is 1. The van der Waals surface area contributed by atoms with Crippen LogP contribution in [0.5, 0.6) is 0 Å². The van der Waals surface area contributed by atoms with Crippen LogP contribution in [0.1, 0.15) is 25.0 Å². The van der Waals surface area contributed by atoms with Gasteiger partial charge >= 0.3 is 0 Å². The van der Waals surface area contributed by atoms with E-state index in [-0.39, 0.29) is 22.6 Å². The summed E-state index contributed by atoms with van der Waals surface area (Å²) in [4.78, 5) is 12.6. The Morgan fingerprint density at radius 2 is 1.84 bits per heavy atom. The van der Waals surface area contributed by atoms with Crippen molar-refractivity contribution in [2.75, 3.05) is 18.1 Å². The third-order valence-electron chi connectivity index (χ3n) is 5.00. The summed E-state index contributed by atoms with van der Waals surface area (Å²) in [7, 11) is -2.02. The van der Waals surface area contributed by atoms with Crippen LogP contribution in [0.2, 0.25) is 0 Å². The number of sulfonamides is 1. The van der Waals surface area contributed by atoms with Gasteiger partial charge in [-0.2, -0.15) is 4.31 Å². The molecule has 1 amide bonds. The Morgan fingerprint density at radius 1 is 1.16 bits per heavy atom. The average Bonchev–Trinajstić information content (AvgIpc) is 3.20. The van der Waals surface area contributed by atoms with E-state index in [9.17, 15) is 13.2 Å². The molecule has 2 aromatic carbocycles. The predicted molar refractivity (Wildman–Crippen MR) is 127 cm³/mol. The molecular formula is C22H27N5O3S2. The van der Waals surface area contributed by atoms with Gasteiger partial charge in [0.25, 0.3) is 0 Å². The number of benzene rings is 2. The molecule has 0 radical (unpaired) electrons. The number of hydrogen-bond acceptors (Lipinski definition) is 6. The van der Waals surface area contributed by atoms with E-state index in [1.807, 2.05) is 44.4 Å². The smallest absolute Gasteiger partial charge is 0.243 e. The standard InChI is InChI=1S/C22H27N5O3S2/c1-15(2)26(5)32(29,30)19-9-7-18(8-10-19)24-21(28)13-31-22-25-23-14-27(22)20-11-6-16(3)12-17(20)4/h6-12,14-15H,13H2,1-5H3,(H,24,28). The zero-order valence-electron chi connectivity index (χ0n) is 18.7. The second kappa shape index (κ2) is 9.85. The van der Waals surface area contributed by atoms with Gasteiger partial charge in [-0.1, -0.05) is 29.5 Å². The minimum atomic E-state index is -3.56. The van der Waals surface area contributed by atoms with Gasteiger partial charge in [-0.05, 0) is 63.6 Å². The fraction of sp³-hybridized carbons (Fsp3) is 0.318. The number of thioether (sulfide) groups is 1. The summed E-state index contributed by atoms with van der Waals surface area (Å²) in [5, 5.41) is 11.5. The third kappa shape index (κ3) is 5.37. The SMILES string of the molecule is Cc1ccc(-n2cnnc2SCC(=O)Nc2ccc(S(=O)(=O)N(C)C(C)C)cc2)c(C)c1. The van der Waals surface area contributed by atoms with E-state index in [4.69, 9.17) is 0 Å². The molecule has 1 aromatic heterocycles. The first-order valence-corrected chi connectivity index (χ1v) is 12.5. The fourth-order valence-corrected chi connectivity index (χ4v) is 5.13. The minimum Gasteiger partial charge on any atom is -0.325 e. The Labute approximate surface area is 193 Å². The summed E-state index contributed by atoms with van der Waals surface area (Å²) in [5.41, 5.74) is 3.75. The highest BCUT2D eigenvalue weighted by Gasteiger charge is 2.23. The number of nitrogens with zero attached hydrogens (tertiary/aromatic N) is 4. The van der Waals surface area contributed by atoms with Crippen LogP contribution < -0.4 is 5.32 Å². The third-order valence-corrected chi connectivity index (χ3v) is 7.99. The van der Waals surface area contributed by atoms with E-state index < -0.39 is 10.0 Å². The Hall–Kier alpha value is -2.69. The van der Waals surface area contributed by atoms with Crippen LogP contribution in [-0.4, -0.2) is 52.2 Å². The maximum Gasteiger partial charge on any atom is 0.243 e. The number of carbonyl (C=O) groups is 1. The highest BCUT2D eigenvalue weighted by molar-refractivity contribution is 7.99. The molecule has 0 saturated heterocycles. The summed E-state index contributed by atoms with van der Waals surface area (Å²) in [6, 6.07) is 12.1. The predicted octanol–water partition coefficient (Wildman–Crippen LogP) is 3.64. The van der Waals surface area contributed by atoms with E-state index in [1.165, 1.54) is 33.8 Å². The van der Waals surface area contributed by atoms with Crippen molar-refractivity contribution in [2.24, 2.45) is 0 Å². The Kier molecular flexibility index (Phi) is 7.37. The van der Waals surface area contributed by atoms with E-state index in [0.29, 0.717) is 10.8 Å². The highest BCUT2D eigenvalue weighted by atomic mass is 32.2. The number of carbonyl (C=O) groups excluding carboxylic acids is 1. The van der Waals surface area contributed by atoms with Gasteiger partial charge in [0.1, 0.15) is 6.33 Å². The summed E-state index contributed by atoms with van der Waals surface area (Å²) in [5.74, 6) is -0.0835. The number of anilines is 1. The van der Waals surface area contributed by atoms with E-state index in [0.717, 1.165) is 11.3 Å². The van der Waals surface area contributed by atoms with Crippen LogP contribution >= 0.6 is 11.8 Å². The molecule has 1 N–H and O–H groups in total. The lowest BCUT2D eigenvalue weighted by Crippen LogP contribution is -2.33. The summed E-state index contributed by atoms with van der Waals surface area (Å²) < 4.78 is 28.3. The molecule has 170 valence electrons. The molecule has 1 heterocycles. The molecule has 32 heavy (non-hydrogen) atoms. The molecule has 8 nitrogen and oxygen atoms in total. The van der Waals surface area contributed by atoms with Crippen LogP contribution in [-0.2, 0) is 14.8 Å². The summed E-state index contributed by atoms with van der Waals surface area (Å²) in [6.07, 6.45) is 1.63. The van der Waals surface area contributed by atoms with E-state index in [1.54, 1.807) is 25.5 Å². The van der Waals surface area contributed by atoms with Gasteiger partial charge in [-0.3, -0.25) is 9.36 Å². The molecule has 0 saturated carbocycles. The average molecular weight is 474 g/mol. The first-order chi connectivity index (χ1) is 15.1. The maximum atomic E-state index is 12.6. The zero-order valence-corrected chi connectivity index (χ0v) is 20.4. The topological polar surface area (TPSA) is 97.2 Å². The van der Waals surface area contributed by atoms with Gasteiger partial charge in [0.15, 0.2) is 5.16 Å². The number of hydrogen-bond donors (Lipinski definition) is 1. The molecule has 3 rings (SSSR count). The van der Waals surface area contributed by atoms with Crippen LogP contribution in [0.3, 0.4) is 0 Å². The van der Waals surface area contributed by atoms with Gasteiger partial charge in [0, 0.05) is 18.8 Å². The van der Waals surface area contributed by atoms with Crippen molar-refractivity contribution in [3.63, 3.8) is 0 Å². The number of aromatic nitrogens is 3. The molecule has 0 aliphatic carbocycles. The Bertz CT molecular complexity index is 1200. The van der Waals surface area contributed by atoms with Crippen LogP contribution in [0, 0.1) is 13.8 Å². The Balaban J connectivity index is 1.64. The highest BCUT2D eigenvalue weighted by Crippen LogP contribution is 2.23. The van der Waals surface area contributed by atoms with E-state index >= 15 is 0 Å². The van der Waals surface area contributed by atoms with Crippen molar-refractivity contribution in [2.45, 2.75) is 43.8 Å². The maximum absolute atomic E-state index is 12.6. The second-order valence-electron chi connectivity index (χ2n) is 7.75. The van der Waals surface area contributed by atoms with Gasteiger partial charge < -0.3 is 5.32 Å². The molecule has 0 aliphatic heterocycles. The second-order valence-corrected chi connectivity index (χ2v) is 10.7. The van der Waals surface area contributed by atoms with Gasteiger partial charge in [0.05, 0.1) is 16.3 Å². The lowest BCUT2D eigenvalue weighted by atomic mass is 10.1. The molecular weight excluding hydrogens is 446 g/mol. The lowest BCUT2D eigenvalue weighted by molar-refractivity contribution is -0.113. The van der Waals surface area contributed by atoms with Crippen LogP contribution in [0.4, 0.5) is 5.69 Å². The molecule has 0 aliphatic rings. The number of aryl methyl sites for hydroxylation is 2. The van der Waals surface area contributed by atoms with Crippen molar-refractivity contribution in [3.8, 4) is 5.69 Å². The molecule has 3 aromatic rings. The summed E-state index contributed by atoms with van der Waals surface area (Å²) in [6.45, 7) is 7.68. The van der Waals surface area contributed by atoms with Crippen molar-refractivity contribution < 1.29 is 13.2 Å². The molecule has 0 unspecified atom stereocenters. The number of rotatable bonds is 8. The number of nitrogens with one attached hydrogen (secondary N) is 1. The normalized spacial score (nSPS) is 11.8. The van der Waals surface area contributed by atoms with Crippen molar-refractivity contribution in [1.82, 2.24) is 19.1 Å². The zero-order chi connectivity index (χ0) is 23.5. The molecule has 0 fully saturated rings. The first kappa shape index (κ1) is 24.0. The largest absolute Gasteiger partial charge is 0.325 e. The molecule has 10 heteroatoms. The van der Waals surface area contributed by atoms with Crippen molar-refractivity contribution in [3.05, 3.63) is 59.9 Å². The van der Waals surface area contributed by atoms with Gasteiger partial charge in [-0.15, -0.1) is 10.2 Å². The monoisotopic (exact) mass is 473 g/mol. The first-order valence-electron chi connectivity index (χ1n) is 10.1. The molecule has 0 bridgehead atoms. The van der Waals surface area contributed by atoms with Crippen molar-refractivity contribution in [1.29, 1.82) is 0 Å². The van der Waals surface area contributed by atoms with Crippen LogP contribution in [0.25, 0.3) is 5.69 Å². The quantitative estimate of drug-likeness (QED) is 0.502. The minimum absolute atomic E-state index is 0.139. The van der Waals surface area contributed by atoms with Crippen LogP contribution in [0.15, 0.2) is 58.8 Å². The lowest BCUT2D eigenvalue weighted by Gasteiger charge is -2.21.